The van der Waals surface area contributed by atoms with Crippen molar-refractivity contribution in [1.29, 1.82) is 0 Å². The fourth-order valence-electron chi connectivity index (χ4n) is 2.94. The third kappa shape index (κ3) is 4.18. The average molecular weight is 270 g/mol. The normalized spacial score (nSPS) is 27.3. The zero-order valence-corrected chi connectivity index (χ0v) is 12.5. The molecule has 0 bridgehead atoms. The Morgan fingerprint density at radius 2 is 2.00 bits per heavy atom. The van der Waals surface area contributed by atoms with Crippen LogP contribution >= 0.6 is 0 Å². The number of nitrogens with two attached hydrogens (primary N) is 1. The summed E-state index contributed by atoms with van der Waals surface area (Å²) in [4.78, 5) is 14.6. The summed E-state index contributed by atoms with van der Waals surface area (Å²) in [6, 6.07) is 0. The second kappa shape index (κ2) is 7.85. The monoisotopic (exact) mass is 270 g/mol. The number of unbranched alkanes of at least 4 members (excludes halogenated alkanes) is 1. The van der Waals surface area contributed by atoms with Gasteiger partial charge in [0, 0.05) is 19.6 Å². The minimum absolute atomic E-state index is 0.0342. The SMILES string of the molecule is CCCCN(CCO)C(=O)C1(CN)CCC(C)CC1. The Hall–Kier alpha value is -0.610. The molecule has 0 aliphatic heterocycles. The quantitative estimate of drug-likeness (QED) is 0.741. The van der Waals surface area contributed by atoms with E-state index in [1.807, 2.05) is 4.90 Å². The van der Waals surface area contributed by atoms with Crippen LogP contribution in [0.2, 0.25) is 0 Å². The van der Waals surface area contributed by atoms with Crippen molar-refractivity contribution in [2.24, 2.45) is 17.1 Å². The molecule has 112 valence electrons. The van der Waals surface area contributed by atoms with Gasteiger partial charge in [-0.1, -0.05) is 20.3 Å². The van der Waals surface area contributed by atoms with Crippen molar-refractivity contribution in [1.82, 2.24) is 4.90 Å². The predicted octanol–water partition coefficient (Wildman–Crippen LogP) is 1.76. The Labute approximate surface area is 117 Å². The Morgan fingerprint density at radius 3 is 2.47 bits per heavy atom. The first-order chi connectivity index (χ1) is 9.09. The molecule has 0 aromatic heterocycles. The van der Waals surface area contributed by atoms with Crippen molar-refractivity contribution in [3.8, 4) is 0 Å². The molecule has 3 N–H and O–H groups in total. The Bertz CT molecular complexity index is 273. The lowest BCUT2D eigenvalue weighted by Crippen LogP contribution is -2.50. The minimum atomic E-state index is -0.366. The van der Waals surface area contributed by atoms with Crippen molar-refractivity contribution in [2.75, 3.05) is 26.2 Å². The zero-order valence-electron chi connectivity index (χ0n) is 12.5. The highest BCUT2D eigenvalue weighted by Crippen LogP contribution is 2.39. The van der Waals surface area contributed by atoms with Gasteiger partial charge in [-0.2, -0.15) is 0 Å². The van der Waals surface area contributed by atoms with E-state index in [0.717, 1.165) is 45.1 Å². The van der Waals surface area contributed by atoms with Crippen LogP contribution in [0.15, 0.2) is 0 Å². The highest BCUT2D eigenvalue weighted by atomic mass is 16.3. The van der Waals surface area contributed by atoms with E-state index in [2.05, 4.69) is 13.8 Å². The van der Waals surface area contributed by atoms with Crippen LogP contribution in [0, 0.1) is 11.3 Å². The standard InChI is InChI=1S/C15H30N2O2/c1-3-4-9-17(10-11-18)14(19)15(12-16)7-5-13(2)6-8-15/h13,18H,3-12,16H2,1-2H3. The van der Waals surface area contributed by atoms with E-state index in [-0.39, 0.29) is 17.9 Å². The van der Waals surface area contributed by atoms with Gasteiger partial charge in [-0.3, -0.25) is 4.79 Å². The summed E-state index contributed by atoms with van der Waals surface area (Å²) in [6.07, 6.45) is 6.02. The first-order valence-electron chi connectivity index (χ1n) is 7.70. The molecule has 0 spiro atoms. The van der Waals surface area contributed by atoms with Gasteiger partial charge in [0.05, 0.1) is 12.0 Å². The Kier molecular flexibility index (Phi) is 6.80. The number of aliphatic hydroxyl groups excluding tert-OH is 1. The summed E-state index contributed by atoms with van der Waals surface area (Å²) >= 11 is 0. The smallest absolute Gasteiger partial charge is 0.230 e. The Morgan fingerprint density at radius 1 is 1.37 bits per heavy atom. The number of amides is 1. The van der Waals surface area contributed by atoms with Crippen LogP contribution in [0.3, 0.4) is 0 Å². The average Bonchev–Trinajstić information content (AvgIpc) is 2.44. The number of carbonyl (C=O) groups excluding carboxylic acids is 1. The summed E-state index contributed by atoms with van der Waals surface area (Å²) in [5, 5.41) is 9.16. The molecule has 1 aliphatic rings. The maximum absolute atomic E-state index is 12.8. The molecule has 0 aromatic carbocycles. The number of rotatable bonds is 7. The number of nitrogens with zero attached hydrogens (tertiary/aromatic N) is 1. The van der Waals surface area contributed by atoms with Crippen molar-refractivity contribution in [2.45, 2.75) is 52.4 Å². The molecule has 1 fully saturated rings. The van der Waals surface area contributed by atoms with E-state index < -0.39 is 0 Å². The predicted molar refractivity (Wildman–Crippen MR) is 77.7 cm³/mol. The molecule has 0 aromatic rings. The van der Waals surface area contributed by atoms with Crippen molar-refractivity contribution in [3.63, 3.8) is 0 Å². The van der Waals surface area contributed by atoms with Gasteiger partial charge in [0.25, 0.3) is 0 Å². The molecular formula is C15H30N2O2. The Balaban J connectivity index is 2.73. The van der Waals surface area contributed by atoms with E-state index in [1.165, 1.54) is 0 Å². The second-order valence-corrected chi connectivity index (χ2v) is 6.04. The van der Waals surface area contributed by atoms with Gasteiger partial charge < -0.3 is 15.7 Å². The minimum Gasteiger partial charge on any atom is -0.395 e. The van der Waals surface area contributed by atoms with Gasteiger partial charge in [-0.25, -0.2) is 0 Å². The summed E-state index contributed by atoms with van der Waals surface area (Å²) in [6.45, 7) is 6.01. The van der Waals surface area contributed by atoms with Crippen molar-refractivity contribution < 1.29 is 9.90 Å². The van der Waals surface area contributed by atoms with E-state index in [9.17, 15) is 4.79 Å². The van der Waals surface area contributed by atoms with Gasteiger partial charge in [-0.05, 0) is 38.0 Å². The molecular weight excluding hydrogens is 240 g/mol. The lowest BCUT2D eigenvalue weighted by atomic mass is 9.70. The molecule has 0 unspecified atom stereocenters. The molecule has 0 radical (unpaired) electrons. The molecule has 1 rings (SSSR count). The lowest BCUT2D eigenvalue weighted by Gasteiger charge is -2.40. The highest BCUT2D eigenvalue weighted by Gasteiger charge is 2.41. The molecule has 1 aliphatic carbocycles. The van der Waals surface area contributed by atoms with Crippen LogP contribution in [-0.2, 0) is 4.79 Å². The molecule has 1 saturated carbocycles. The van der Waals surface area contributed by atoms with Gasteiger partial charge in [0.2, 0.25) is 5.91 Å². The summed E-state index contributed by atoms with van der Waals surface area (Å²) < 4.78 is 0. The first kappa shape index (κ1) is 16.4. The van der Waals surface area contributed by atoms with Gasteiger partial charge in [0.15, 0.2) is 0 Å². The molecule has 1 amide bonds. The zero-order chi connectivity index (χ0) is 14.3. The van der Waals surface area contributed by atoms with Crippen molar-refractivity contribution >= 4 is 5.91 Å². The summed E-state index contributed by atoms with van der Waals surface area (Å²) in [5.41, 5.74) is 5.57. The molecule has 0 atom stereocenters. The third-order valence-corrected chi connectivity index (χ3v) is 4.51. The van der Waals surface area contributed by atoms with Gasteiger partial charge in [-0.15, -0.1) is 0 Å². The second-order valence-electron chi connectivity index (χ2n) is 6.04. The largest absolute Gasteiger partial charge is 0.395 e. The fourth-order valence-corrected chi connectivity index (χ4v) is 2.94. The van der Waals surface area contributed by atoms with Crippen LogP contribution in [-0.4, -0.2) is 42.2 Å². The first-order valence-corrected chi connectivity index (χ1v) is 7.70. The molecule has 0 saturated heterocycles. The topological polar surface area (TPSA) is 66.6 Å². The maximum Gasteiger partial charge on any atom is 0.230 e. The van der Waals surface area contributed by atoms with Crippen LogP contribution in [0.1, 0.15) is 52.4 Å². The van der Waals surface area contributed by atoms with Crippen LogP contribution in [0.5, 0.6) is 0 Å². The van der Waals surface area contributed by atoms with E-state index in [4.69, 9.17) is 10.8 Å². The highest BCUT2D eigenvalue weighted by molar-refractivity contribution is 5.83. The molecule has 4 nitrogen and oxygen atoms in total. The van der Waals surface area contributed by atoms with E-state index in [1.54, 1.807) is 0 Å². The number of hydrogen-bond donors (Lipinski definition) is 2. The number of aliphatic hydroxyl groups is 1. The molecule has 19 heavy (non-hydrogen) atoms. The number of hydrogen-bond acceptors (Lipinski definition) is 3. The summed E-state index contributed by atoms with van der Waals surface area (Å²) in [7, 11) is 0. The third-order valence-electron chi connectivity index (χ3n) is 4.51. The van der Waals surface area contributed by atoms with Crippen LogP contribution in [0.4, 0.5) is 0 Å². The van der Waals surface area contributed by atoms with E-state index in [0.29, 0.717) is 19.0 Å². The number of carbonyl (C=O) groups is 1. The fraction of sp³-hybridized carbons (Fsp3) is 0.933. The van der Waals surface area contributed by atoms with Crippen LogP contribution in [0.25, 0.3) is 0 Å². The van der Waals surface area contributed by atoms with Gasteiger partial charge in [0.1, 0.15) is 0 Å². The van der Waals surface area contributed by atoms with E-state index >= 15 is 0 Å². The van der Waals surface area contributed by atoms with Crippen molar-refractivity contribution in [3.05, 3.63) is 0 Å². The van der Waals surface area contributed by atoms with Crippen LogP contribution < -0.4 is 5.73 Å². The maximum atomic E-state index is 12.8. The molecule has 0 heterocycles. The molecule has 4 heteroatoms. The lowest BCUT2D eigenvalue weighted by molar-refractivity contribution is -0.144. The van der Waals surface area contributed by atoms with Gasteiger partial charge >= 0.3 is 0 Å². The summed E-state index contributed by atoms with van der Waals surface area (Å²) in [5.74, 6) is 0.874.